The predicted octanol–water partition coefficient (Wildman–Crippen LogP) is 2.89. The molecule has 2 rings (SSSR count). The van der Waals surface area contributed by atoms with Crippen LogP contribution >= 0.6 is 11.6 Å². The van der Waals surface area contributed by atoms with Crippen LogP contribution < -0.4 is 0 Å². The molecule has 0 amide bonds. The van der Waals surface area contributed by atoms with Crippen molar-refractivity contribution in [2.24, 2.45) is 0 Å². The molecule has 0 saturated carbocycles. The van der Waals surface area contributed by atoms with Crippen molar-refractivity contribution in [3.05, 3.63) is 35.6 Å². The first kappa shape index (κ1) is 5.81. The summed E-state index contributed by atoms with van der Waals surface area (Å²) in [5, 5.41) is 1.63. The van der Waals surface area contributed by atoms with Crippen molar-refractivity contribution in [2.75, 3.05) is 0 Å². The lowest BCUT2D eigenvalue weighted by atomic mass is 10.3. The van der Waals surface area contributed by atoms with Gasteiger partial charge in [-0.1, -0.05) is 17.7 Å². The first-order valence-corrected chi connectivity index (χ1v) is 3.30. The quantitative estimate of drug-likeness (QED) is 0.564. The molecule has 0 saturated heterocycles. The van der Waals surface area contributed by atoms with Gasteiger partial charge >= 0.3 is 0 Å². The SMILES string of the molecule is Clc1cccc2o[c]cc12. The van der Waals surface area contributed by atoms with Crippen molar-refractivity contribution in [2.45, 2.75) is 0 Å². The molecule has 0 bridgehead atoms. The fraction of sp³-hybridized carbons (Fsp3) is 0. The summed E-state index contributed by atoms with van der Waals surface area (Å²) in [6.07, 6.45) is 2.62. The van der Waals surface area contributed by atoms with Crippen LogP contribution in [0.5, 0.6) is 0 Å². The Morgan fingerprint density at radius 3 is 3.10 bits per heavy atom. The molecule has 0 N–H and O–H groups in total. The molecule has 2 aromatic rings. The summed E-state index contributed by atoms with van der Waals surface area (Å²) in [7, 11) is 0. The van der Waals surface area contributed by atoms with Gasteiger partial charge in [0.05, 0.1) is 5.02 Å². The topological polar surface area (TPSA) is 13.1 Å². The Balaban J connectivity index is 2.95. The summed E-state index contributed by atoms with van der Waals surface area (Å²) >= 11 is 5.82. The van der Waals surface area contributed by atoms with Crippen LogP contribution in [-0.2, 0) is 0 Å². The number of hydrogen-bond acceptors (Lipinski definition) is 1. The Kier molecular flexibility index (Phi) is 1.18. The van der Waals surface area contributed by atoms with E-state index in [1.807, 2.05) is 18.2 Å². The van der Waals surface area contributed by atoms with Gasteiger partial charge in [0.15, 0.2) is 6.26 Å². The summed E-state index contributed by atoms with van der Waals surface area (Å²) in [5.74, 6) is 0. The summed E-state index contributed by atoms with van der Waals surface area (Å²) < 4.78 is 4.99. The molecule has 0 unspecified atom stereocenters. The van der Waals surface area contributed by atoms with Crippen LogP contribution in [0.2, 0.25) is 5.02 Å². The molecule has 1 aromatic carbocycles. The third-order valence-electron chi connectivity index (χ3n) is 1.39. The Bertz CT molecular complexity index is 351. The van der Waals surface area contributed by atoms with Gasteiger partial charge in [-0.3, -0.25) is 0 Å². The molecule has 10 heavy (non-hydrogen) atoms. The van der Waals surface area contributed by atoms with Gasteiger partial charge in [-0.05, 0) is 18.2 Å². The highest BCUT2D eigenvalue weighted by molar-refractivity contribution is 6.35. The van der Waals surface area contributed by atoms with Gasteiger partial charge in [0.25, 0.3) is 0 Å². The Morgan fingerprint density at radius 2 is 2.30 bits per heavy atom. The molecule has 0 spiro atoms. The first-order valence-electron chi connectivity index (χ1n) is 2.92. The van der Waals surface area contributed by atoms with Crippen LogP contribution in [0.4, 0.5) is 0 Å². The van der Waals surface area contributed by atoms with Gasteiger partial charge in [-0.2, -0.15) is 0 Å². The van der Waals surface area contributed by atoms with Crippen LogP contribution in [-0.4, -0.2) is 0 Å². The van der Waals surface area contributed by atoms with E-state index >= 15 is 0 Å². The molecule has 1 nitrogen and oxygen atoms in total. The molecule has 49 valence electrons. The fourth-order valence-corrected chi connectivity index (χ4v) is 1.12. The highest BCUT2D eigenvalue weighted by atomic mass is 35.5. The second-order valence-corrected chi connectivity index (χ2v) is 2.42. The third-order valence-corrected chi connectivity index (χ3v) is 1.71. The van der Waals surface area contributed by atoms with Crippen LogP contribution in [0, 0.1) is 6.26 Å². The smallest absolute Gasteiger partial charge is 0.170 e. The largest absolute Gasteiger partial charge is 0.453 e. The maximum atomic E-state index is 5.82. The second kappa shape index (κ2) is 2.03. The lowest BCUT2D eigenvalue weighted by molar-refractivity contribution is 0.606. The van der Waals surface area contributed by atoms with Gasteiger partial charge in [-0.15, -0.1) is 0 Å². The average Bonchev–Trinajstić information content (AvgIpc) is 2.36. The van der Waals surface area contributed by atoms with Crippen molar-refractivity contribution >= 4 is 22.6 Å². The zero-order valence-electron chi connectivity index (χ0n) is 5.10. The van der Waals surface area contributed by atoms with E-state index in [9.17, 15) is 0 Å². The Labute approximate surface area is 63.2 Å². The third kappa shape index (κ3) is 0.711. The van der Waals surface area contributed by atoms with E-state index in [0.717, 1.165) is 11.0 Å². The number of furan rings is 1. The molecule has 0 aliphatic heterocycles. The summed E-state index contributed by atoms with van der Waals surface area (Å²) in [6.45, 7) is 0. The van der Waals surface area contributed by atoms with Crippen LogP contribution in [0.3, 0.4) is 0 Å². The number of hydrogen-bond donors (Lipinski definition) is 0. The highest BCUT2D eigenvalue weighted by Gasteiger charge is 1.98. The first-order chi connectivity index (χ1) is 4.88. The van der Waals surface area contributed by atoms with Crippen molar-refractivity contribution < 1.29 is 4.42 Å². The van der Waals surface area contributed by atoms with Gasteiger partial charge in [0.1, 0.15) is 5.58 Å². The molecule has 0 aliphatic carbocycles. The van der Waals surface area contributed by atoms with E-state index in [1.165, 1.54) is 0 Å². The van der Waals surface area contributed by atoms with E-state index < -0.39 is 0 Å². The van der Waals surface area contributed by atoms with E-state index in [4.69, 9.17) is 16.0 Å². The van der Waals surface area contributed by atoms with E-state index in [-0.39, 0.29) is 0 Å². The Hall–Kier alpha value is -0.950. The van der Waals surface area contributed by atoms with Crippen molar-refractivity contribution in [3.8, 4) is 0 Å². The fourth-order valence-electron chi connectivity index (χ4n) is 0.898. The van der Waals surface area contributed by atoms with Crippen molar-refractivity contribution in [1.82, 2.24) is 0 Å². The number of benzene rings is 1. The Morgan fingerprint density at radius 1 is 1.40 bits per heavy atom. The van der Waals surface area contributed by atoms with Crippen LogP contribution in [0.15, 0.2) is 28.7 Å². The normalized spacial score (nSPS) is 10.5. The number of halogens is 1. The molecular formula is C8H4ClO. The molecule has 1 radical (unpaired) electrons. The maximum absolute atomic E-state index is 5.82. The van der Waals surface area contributed by atoms with E-state index in [1.54, 1.807) is 6.07 Å². The van der Waals surface area contributed by atoms with Gasteiger partial charge in [0, 0.05) is 5.39 Å². The standard InChI is InChI=1S/C8H4ClO/c9-7-2-1-3-8-6(7)4-5-10-8/h1-4H. The lowest BCUT2D eigenvalue weighted by Crippen LogP contribution is -1.63. The second-order valence-electron chi connectivity index (χ2n) is 2.02. The molecule has 0 aliphatic rings. The highest BCUT2D eigenvalue weighted by Crippen LogP contribution is 2.22. The van der Waals surface area contributed by atoms with E-state index in [2.05, 4.69) is 6.26 Å². The summed E-state index contributed by atoms with van der Waals surface area (Å²) in [6, 6.07) is 7.27. The minimum absolute atomic E-state index is 0.711. The number of rotatable bonds is 0. The molecular weight excluding hydrogens is 148 g/mol. The van der Waals surface area contributed by atoms with Crippen LogP contribution in [0.25, 0.3) is 11.0 Å². The minimum Gasteiger partial charge on any atom is -0.453 e. The van der Waals surface area contributed by atoms with Crippen molar-refractivity contribution in [3.63, 3.8) is 0 Å². The summed E-state index contributed by atoms with van der Waals surface area (Å²) in [4.78, 5) is 0. The zero-order valence-corrected chi connectivity index (χ0v) is 5.85. The molecule has 0 atom stereocenters. The molecule has 1 aromatic heterocycles. The lowest BCUT2D eigenvalue weighted by Gasteiger charge is -1.88. The zero-order chi connectivity index (χ0) is 6.97. The van der Waals surface area contributed by atoms with Crippen LogP contribution in [0.1, 0.15) is 0 Å². The monoisotopic (exact) mass is 151 g/mol. The number of fused-ring (bicyclic) bond motifs is 1. The van der Waals surface area contributed by atoms with Gasteiger partial charge in [0.2, 0.25) is 0 Å². The molecule has 2 heteroatoms. The molecule has 0 fully saturated rings. The average molecular weight is 152 g/mol. The van der Waals surface area contributed by atoms with E-state index in [0.29, 0.717) is 5.02 Å². The van der Waals surface area contributed by atoms with Gasteiger partial charge < -0.3 is 4.42 Å². The molecule has 1 heterocycles. The van der Waals surface area contributed by atoms with Crippen molar-refractivity contribution in [1.29, 1.82) is 0 Å². The minimum atomic E-state index is 0.711. The predicted molar refractivity (Wildman–Crippen MR) is 40.1 cm³/mol. The van der Waals surface area contributed by atoms with Gasteiger partial charge in [-0.25, -0.2) is 0 Å². The summed E-state index contributed by atoms with van der Waals surface area (Å²) in [5.41, 5.74) is 0.785. The maximum Gasteiger partial charge on any atom is 0.170 e.